The van der Waals surface area contributed by atoms with E-state index in [1.54, 1.807) is 30.3 Å². The molecule has 1 amide bonds. The molecule has 0 aliphatic rings. The van der Waals surface area contributed by atoms with Crippen LogP contribution in [0.15, 0.2) is 46.9 Å². The molecule has 0 atom stereocenters. The van der Waals surface area contributed by atoms with Gasteiger partial charge < -0.3 is 10.1 Å². The van der Waals surface area contributed by atoms with E-state index in [0.29, 0.717) is 26.8 Å². The molecule has 0 saturated heterocycles. The molecular formula is C15H12BrCl2NO2. The molecule has 2 aromatic rings. The second-order valence-corrected chi connectivity index (χ2v) is 6.00. The van der Waals surface area contributed by atoms with Crippen molar-refractivity contribution in [3.8, 4) is 5.75 Å². The monoisotopic (exact) mass is 387 g/mol. The number of nitrogens with one attached hydrogen (secondary N) is 1. The summed E-state index contributed by atoms with van der Waals surface area (Å²) in [6, 6.07) is 12.4. The maximum atomic E-state index is 11.7. The lowest BCUT2D eigenvalue weighted by molar-refractivity contribution is -0.123. The SMILES string of the molecule is O=C(COc1ccc(Cl)cc1Br)NCc1cccc(Cl)c1. The van der Waals surface area contributed by atoms with E-state index in [9.17, 15) is 4.79 Å². The van der Waals surface area contributed by atoms with Gasteiger partial charge in [-0.1, -0.05) is 35.3 Å². The lowest BCUT2D eigenvalue weighted by atomic mass is 10.2. The lowest BCUT2D eigenvalue weighted by Crippen LogP contribution is -2.28. The Morgan fingerprint density at radius 1 is 1.14 bits per heavy atom. The van der Waals surface area contributed by atoms with Crippen molar-refractivity contribution < 1.29 is 9.53 Å². The van der Waals surface area contributed by atoms with Crippen LogP contribution in [0.4, 0.5) is 0 Å². The van der Waals surface area contributed by atoms with Crippen LogP contribution in [0.5, 0.6) is 5.75 Å². The highest BCUT2D eigenvalue weighted by molar-refractivity contribution is 9.10. The molecular weight excluding hydrogens is 377 g/mol. The van der Waals surface area contributed by atoms with Crippen LogP contribution in [0.3, 0.4) is 0 Å². The Labute approximate surface area is 141 Å². The molecule has 0 saturated carbocycles. The summed E-state index contributed by atoms with van der Waals surface area (Å²) in [5, 5.41) is 4.00. The van der Waals surface area contributed by atoms with Crippen LogP contribution in [0.2, 0.25) is 10.0 Å². The quantitative estimate of drug-likeness (QED) is 0.821. The molecule has 2 aromatic carbocycles. The Hall–Kier alpha value is -1.23. The molecule has 6 heteroatoms. The summed E-state index contributed by atoms with van der Waals surface area (Å²) in [6.07, 6.45) is 0. The van der Waals surface area contributed by atoms with E-state index < -0.39 is 0 Å². The Balaban J connectivity index is 1.82. The van der Waals surface area contributed by atoms with Crippen molar-refractivity contribution in [3.63, 3.8) is 0 Å². The van der Waals surface area contributed by atoms with Gasteiger partial charge in [-0.3, -0.25) is 4.79 Å². The summed E-state index contributed by atoms with van der Waals surface area (Å²) in [5.74, 6) is 0.356. The zero-order valence-corrected chi connectivity index (χ0v) is 14.0. The average molecular weight is 389 g/mol. The van der Waals surface area contributed by atoms with E-state index >= 15 is 0 Å². The van der Waals surface area contributed by atoms with E-state index in [0.717, 1.165) is 5.56 Å². The maximum Gasteiger partial charge on any atom is 0.258 e. The minimum absolute atomic E-state index is 0.0687. The summed E-state index contributed by atoms with van der Waals surface area (Å²) >= 11 is 15.0. The summed E-state index contributed by atoms with van der Waals surface area (Å²) in [7, 11) is 0. The zero-order chi connectivity index (χ0) is 15.2. The molecule has 0 fully saturated rings. The Kier molecular flexibility index (Phi) is 5.91. The van der Waals surface area contributed by atoms with Crippen molar-refractivity contribution >= 4 is 45.0 Å². The largest absolute Gasteiger partial charge is 0.483 e. The maximum absolute atomic E-state index is 11.7. The molecule has 110 valence electrons. The fraction of sp³-hybridized carbons (Fsp3) is 0.133. The molecule has 0 aliphatic carbocycles. The highest BCUT2D eigenvalue weighted by atomic mass is 79.9. The van der Waals surface area contributed by atoms with Gasteiger partial charge in [-0.25, -0.2) is 0 Å². The summed E-state index contributed by atoms with van der Waals surface area (Å²) in [6.45, 7) is 0.339. The molecule has 2 rings (SSSR count). The van der Waals surface area contributed by atoms with Crippen LogP contribution in [0.25, 0.3) is 0 Å². The van der Waals surface area contributed by atoms with Gasteiger partial charge in [0.15, 0.2) is 6.61 Å². The highest BCUT2D eigenvalue weighted by Crippen LogP contribution is 2.27. The number of hydrogen-bond acceptors (Lipinski definition) is 2. The molecule has 0 heterocycles. The van der Waals surface area contributed by atoms with E-state index in [2.05, 4.69) is 21.2 Å². The Morgan fingerprint density at radius 3 is 2.62 bits per heavy atom. The van der Waals surface area contributed by atoms with Crippen molar-refractivity contribution in [1.29, 1.82) is 0 Å². The Bertz CT molecular complexity index is 649. The van der Waals surface area contributed by atoms with Crippen molar-refractivity contribution in [3.05, 3.63) is 62.5 Å². The highest BCUT2D eigenvalue weighted by Gasteiger charge is 2.06. The van der Waals surface area contributed by atoms with Crippen LogP contribution in [0, 0.1) is 0 Å². The van der Waals surface area contributed by atoms with Crippen molar-refractivity contribution in [2.75, 3.05) is 6.61 Å². The third-order valence-electron chi connectivity index (χ3n) is 2.63. The summed E-state index contributed by atoms with van der Waals surface area (Å²) in [5.41, 5.74) is 0.934. The van der Waals surface area contributed by atoms with Gasteiger partial charge in [-0.05, 0) is 51.8 Å². The van der Waals surface area contributed by atoms with Crippen LogP contribution in [-0.2, 0) is 11.3 Å². The number of amides is 1. The first-order valence-corrected chi connectivity index (χ1v) is 7.68. The molecule has 0 bridgehead atoms. The van der Waals surface area contributed by atoms with E-state index in [-0.39, 0.29) is 12.5 Å². The predicted molar refractivity (Wildman–Crippen MR) is 87.9 cm³/mol. The van der Waals surface area contributed by atoms with Crippen LogP contribution >= 0.6 is 39.1 Å². The summed E-state index contributed by atoms with van der Waals surface area (Å²) < 4.78 is 6.13. The van der Waals surface area contributed by atoms with Gasteiger partial charge in [0.25, 0.3) is 5.91 Å². The van der Waals surface area contributed by atoms with Crippen molar-refractivity contribution in [1.82, 2.24) is 5.32 Å². The number of ether oxygens (including phenoxy) is 1. The molecule has 0 spiro atoms. The van der Waals surface area contributed by atoms with E-state index in [4.69, 9.17) is 27.9 Å². The third kappa shape index (κ3) is 5.23. The first kappa shape index (κ1) is 16.1. The van der Waals surface area contributed by atoms with Crippen molar-refractivity contribution in [2.24, 2.45) is 0 Å². The number of carbonyl (C=O) groups excluding carboxylic acids is 1. The minimum Gasteiger partial charge on any atom is -0.483 e. The van der Waals surface area contributed by atoms with E-state index in [1.807, 2.05) is 12.1 Å². The number of rotatable bonds is 5. The normalized spacial score (nSPS) is 10.2. The first-order chi connectivity index (χ1) is 10.0. The Morgan fingerprint density at radius 2 is 1.90 bits per heavy atom. The average Bonchev–Trinajstić information content (AvgIpc) is 2.44. The van der Waals surface area contributed by atoms with Gasteiger partial charge in [-0.15, -0.1) is 0 Å². The standard InChI is InChI=1S/C15H12BrCl2NO2/c16-13-7-12(18)4-5-14(13)21-9-15(20)19-8-10-2-1-3-11(17)6-10/h1-7H,8-9H2,(H,19,20). The lowest BCUT2D eigenvalue weighted by Gasteiger charge is -2.09. The smallest absolute Gasteiger partial charge is 0.258 e. The molecule has 21 heavy (non-hydrogen) atoms. The van der Waals surface area contributed by atoms with Gasteiger partial charge in [0.1, 0.15) is 5.75 Å². The van der Waals surface area contributed by atoms with Crippen LogP contribution < -0.4 is 10.1 Å². The fourth-order valence-corrected chi connectivity index (χ4v) is 2.64. The van der Waals surface area contributed by atoms with Gasteiger partial charge in [-0.2, -0.15) is 0 Å². The van der Waals surface area contributed by atoms with Gasteiger partial charge in [0.05, 0.1) is 4.47 Å². The van der Waals surface area contributed by atoms with Gasteiger partial charge >= 0.3 is 0 Å². The molecule has 0 aromatic heterocycles. The number of benzene rings is 2. The first-order valence-electron chi connectivity index (χ1n) is 6.13. The minimum atomic E-state index is -0.211. The molecule has 1 N–H and O–H groups in total. The van der Waals surface area contributed by atoms with Crippen LogP contribution in [0.1, 0.15) is 5.56 Å². The van der Waals surface area contributed by atoms with E-state index in [1.165, 1.54) is 0 Å². The predicted octanol–water partition coefficient (Wildman–Crippen LogP) is 4.45. The van der Waals surface area contributed by atoms with Gasteiger partial charge in [0.2, 0.25) is 0 Å². The van der Waals surface area contributed by atoms with Crippen LogP contribution in [-0.4, -0.2) is 12.5 Å². The molecule has 3 nitrogen and oxygen atoms in total. The molecule has 0 aliphatic heterocycles. The topological polar surface area (TPSA) is 38.3 Å². The number of hydrogen-bond donors (Lipinski definition) is 1. The fourth-order valence-electron chi connectivity index (χ4n) is 1.63. The molecule has 0 radical (unpaired) electrons. The zero-order valence-electron chi connectivity index (χ0n) is 10.9. The molecule has 0 unspecified atom stereocenters. The second-order valence-electron chi connectivity index (χ2n) is 4.27. The van der Waals surface area contributed by atoms with Gasteiger partial charge in [0, 0.05) is 16.6 Å². The number of halogens is 3. The second kappa shape index (κ2) is 7.69. The third-order valence-corrected chi connectivity index (χ3v) is 3.72. The summed E-state index contributed by atoms with van der Waals surface area (Å²) in [4.78, 5) is 11.7. The number of carbonyl (C=O) groups is 1. The van der Waals surface area contributed by atoms with Crippen molar-refractivity contribution in [2.45, 2.75) is 6.54 Å².